The van der Waals surface area contributed by atoms with Gasteiger partial charge in [-0.15, -0.1) is 0 Å². The zero-order valence-corrected chi connectivity index (χ0v) is 24.2. The number of nitrogen functional groups attached to an aromatic ring is 1. The van der Waals surface area contributed by atoms with E-state index in [4.69, 9.17) is 25.7 Å². The average molecular weight is 611 g/mol. The molecule has 1 atom stereocenters. The van der Waals surface area contributed by atoms with Crippen molar-refractivity contribution in [2.75, 3.05) is 24.5 Å². The number of fused-ring (bicyclic) bond motifs is 2. The topological polar surface area (TPSA) is 172 Å². The van der Waals surface area contributed by atoms with E-state index in [1.807, 2.05) is 18.2 Å². The Morgan fingerprint density at radius 1 is 1.05 bits per heavy atom. The molecule has 5 N–H and O–H groups in total. The lowest BCUT2D eigenvalue weighted by molar-refractivity contribution is -0.122. The summed E-state index contributed by atoms with van der Waals surface area (Å²) in [6, 6.07) is 19.9. The highest BCUT2D eigenvalue weighted by Gasteiger charge is 2.37. The number of methoxy groups -OCH3 is 1. The molecule has 2 aromatic heterocycles. The van der Waals surface area contributed by atoms with Crippen molar-refractivity contribution in [3.63, 3.8) is 0 Å². The first kappa shape index (κ1) is 28.4. The van der Waals surface area contributed by atoms with Gasteiger partial charge in [0.1, 0.15) is 16.7 Å². The van der Waals surface area contributed by atoms with E-state index in [9.17, 15) is 14.4 Å². The van der Waals surface area contributed by atoms with Gasteiger partial charge >= 0.3 is 0 Å². The van der Waals surface area contributed by atoms with Crippen LogP contribution in [0.5, 0.6) is 17.2 Å². The number of primary amides is 1. The Labute approximate surface area is 255 Å². The molecule has 0 unspecified atom stereocenters. The second-order valence-electron chi connectivity index (χ2n) is 9.77. The van der Waals surface area contributed by atoms with Gasteiger partial charge < -0.3 is 31.0 Å². The zero-order chi connectivity index (χ0) is 30.8. The molecule has 6 rings (SSSR count). The van der Waals surface area contributed by atoms with Crippen LogP contribution in [0.1, 0.15) is 37.3 Å². The summed E-state index contributed by atoms with van der Waals surface area (Å²) < 4.78 is 20.3. The third kappa shape index (κ3) is 5.43. The van der Waals surface area contributed by atoms with E-state index in [0.29, 0.717) is 34.0 Å². The lowest BCUT2D eigenvalue weighted by atomic mass is 10.00. The maximum Gasteiger partial charge on any atom is 0.273 e. The van der Waals surface area contributed by atoms with Crippen molar-refractivity contribution in [1.82, 2.24) is 14.7 Å². The number of ether oxygens (including phenoxy) is 3. The summed E-state index contributed by atoms with van der Waals surface area (Å²) in [5.74, 6) is -0.444. The lowest BCUT2D eigenvalue weighted by Crippen LogP contribution is -2.44. The number of hydrogen-bond acceptors (Lipinski definition) is 10. The van der Waals surface area contributed by atoms with Gasteiger partial charge in [-0.2, -0.15) is 4.37 Å². The van der Waals surface area contributed by atoms with E-state index in [1.54, 1.807) is 67.9 Å². The second-order valence-corrected chi connectivity index (χ2v) is 10.5. The SMILES string of the molecule is COc1ccc(CNC(=O)[C@@H](c2ccc3ncccc3c2)N(C(=O)c2snc(C(N)=O)c2N)c2ccc3c(c2)OCO3)cc1. The molecule has 3 aromatic carbocycles. The van der Waals surface area contributed by atoms with Crippen LogP contribution in [0, 0.1) is 0 Å². The van der Waals surface area contributed by atoms with Crippen LogP contribution in [0.25, 0.3) is 10.9 Å². The fraction of sp³-hybridized carbons (Fsp3) is 0.129. The highest BCUT2D eigenvalue weighted by atomic mass is 32.1. The van der Waals surface area contributed by atoms with E-state index < -0.39 is 23.8 Å². The number of nitrogens with one attached hydrogen (secondary N) is 1. The minimum Gasteiger partial charge on any atom is -0.497 e. The number of benzene rings is 3. The number of nitrogens with two attached hydrogens (primary N) is 2. The van der Waals surface area contributed by atoms with Gasteiger partial charge in [0.25, 0.3) is 11.8 Å². The van der Waals surface area contributed by atoms with Crippen LogP contribution in [0.15, 0.2) is 79.0 Å². The van der Waals surface area contributed by atoms with Crippen LogP contribution in [-0.2, 0) is 11.3 Å². The van der Waals surface area contributed by atoms with Gasteiger partial charge in [0, 0.05) is 29.9 Å². The molecule has 0 fully saturated rings. The van der Waals surface area contributed by atoms with Gasteiger partial charge in [-0.25, -0.2) is 0 Å². The minimum absolute atomic E-state index is 0.0138. The Bertz CT molecular complexity index is 1890. The predicted octanol–water partition coefficient (Wildman–Crippen LogP) is 3.81. The summed E-state index contributed by atoms with van der Waals surface area (Å²) in [5.41, 5.74) is 13.6. The quantitative estimate of drug-likeness (QED) is 0.224. The number of carbonyl (C=O) groups excluding carboxylic acids is 3. The summed E-state index contributed by atoms with van der Waals surface area (Å²) in [5, 5.41) is 3.74. The molecule has 0 aliphatic carbocycles. The Kier molecular flexibility index (Phi) is 7.69. The maximum absolute atomic E-state index is 14.4. The van der Waals surface area contributed by atoms with Crippen LogP contribution >= 0.6 is 11.5 Å². The molecule has 1 aliphatic rings. The van der Waals surface area contributed by atoms with Gasteiger partial charge in [0.15, 0.2) is 17.2 Å². The van der Waals surface area contributed by atoms with Gasteiger partial charge in [-0.3, -0.25) is 24.3 Å². The summed E-state index contributed by atoms with van der Waals surface area (Å²) in [7, 11) is 1.57. The third-order valence-corrected chi connectivity index (χ3v) is 7.93. The van der Waals surface area contributed by atoms with E-state index in [1.165, 1.54) is 4.90 Å². The van der Waals surface area contributed by atoms with Crippen molar-refractivity contribution < 1.29 is 28.6 Å². The summed E-state index contributed by atoms with van der Waals surface area (Å²) in [6.45, 7) is 0.187. The smallest absolute Gasteiger partial charge is 0.273 e. The van der Waals surface area contributed by atoms with Gasteiger partial charge in [-0.05, 0) is 65.1 Å². The second kappa shape index (κ2) is 11.9. The Morgan fingerprint density at radius 3 is 2.59 bits per heavy atom. The molecule has 0 spiro atoms. The predicted molar refractivity (Wildman–Crippen MR) is 164 cm³/mol. The molecule has 0 saturated carbocycles. The summed E-state index contributed by atoms with van der Waals surface area (Å²) >= 11 is 0.725. The minimum atomic E-state index is -1.20. The van der Waals surface area contributed by atoms with Crippen molar-refractivity contribution in [2.24, 2.45) is 5.73 Å². The lowest BCUT2D eigenvalue weighted by Gasteiger charge is -2.31. The summed E-state index contributed by atoms with van der Waals surface area (Å²) in [4.78, 5) is 46.2. The Balaban J connectivity index is 1.47. The van der Waals surface area contributed by atoms with Crippen molar-refractivity contribution in [3.8, 4) is 17.2 Å². The van der Waals surface area contributed by atoms with Gasteiger partial charge in [-0.1, -0.05) is 24.3 Å². The molecule has 5 aromatic rings. The number of hydrogen-bond donors (Lipinski definition) is 3. The number of nitrogens with zero attached hydrogens (tertiary/aromatic N) is 3. The van der Waals surface area contributed by atoms with E-state index in [-0.39, 0.29) is 29.6 Å². The maximum atomic E-state index is 14.4. The standard InChI is InChI=1S/C31H26N6O6S/c1-41-21-8-4-17(5-9-21)15-35-30(39)27(19-6-10-22-18(13-19)3-2-12-34-22)37(20-7-11-23-24(14-20)43-16-42-23)31(40)28-25(32)26(29(33)38)36-44-28/h2-14,27H,15-16,32H2,1H3,(H2,33,38)(H,35,39)/t27-/m1/s1. The van der Waals surface area contributed by atoms with Crippen LogP contribution in [0.3, 0.4) is 0 Å². The average Bonchev–Trinajstić information content (AvgIpc) is 3.68. The van der Waals surface area contributed by atoms with Crippen LogP contribution < -0.4 is 35.9 Å². The number of aromatic nitrogens is 2. The van der Waals surface area contributed by atoms with Gasteiger partial charge in [0.2, 0.25) is 12.7 Å². The molecule has 12 nitrogen and oxygen atoms in total. The first-order chi connectivity index (χ1) is 21.3. The number of anilines is 2. The molecule has 3 amide bonds. The first-order valence-corrected chi connectivity index (χ1v) is 14.1. The molecule has 0 saturated heterocycles. The largest absolute Gasteiger partial charge is 0.497 e. The van der Waals surface area contributed by atoms with E-state index in [0.717, 1.165) is 22.5 Å². The molecule has 44 heavy (non-hydrogen) atoms. The van der Waals surface area contributed by atoms with E-state index in [2.05, 4.69) is 14.7 Å². The highest BCUT2D eigenvalue weighted by molar-refractivity contribution is 7.09. The zero-order valence-electron chi connectivity index (χ0n) is 23.4. The monoisotopic (exact) mass is 610 g/mol. The van der Waals surface area contributed by atoms with E-state index >= 15 is 0 Å². The molecule has 13 heteroatoms. The fourth-order valence-electron chi connectivity index (χ4n) is 4.87. The molecule has 0 bridgehead atoms. The normalized spacial score (nSPS) is 12.5. The molecule has 1 aliphatic heterocycles. The van der Waals surface area contributed by atoms with Crippen LogP contribution in [0.2, 0.25) is 0 Å². The number of carbonyl (C=O) groups is 3. The van der Waals surface area contributed by atoms with Crippen molar-refractivity contribution >= 4 is 51.5 Å². The molecule has 3 heterocycles. The molecular formula is C31H26N6O6S. The Hall–Kier alpha value is -5.69. The first-order valence-electron chi connectivity index (χ1n) is 13.4. The highest BCUT2D eigenvalue weighted by Crippen LogP contribution is 2.40. The van der Waals surface area contributed by atoms with Crippen molar-refractivity contribution in [3.05, 3.63) is 101 Å². The molecule has 222 valence electrons. The van der Waals surface area contributed by atoms with Crippen molar-refractivity contribution in [1.29, 1.82) is 0 Å². The number of pyridine rings is 1. The third-order valence-electron chi connectivity index (χ3n) is 7.08. The van der Waals surface area contributed by atoms with Gasteiger partial charge in [0.05, 0.1) is 18.3 Å². The number of amides is 3. The van der Waals surface area contributed by atoms with Crippen LogP contribution in [-0.4, -0.2) is 41.0 Å². The van der Waals surface area contributed by atoms with Crippen LogP contribution in [0.4, 0.5) is 11.4 Å². The molecule has 0 radical (unpaired) electrons. The summed E-state index contributed by atoms with van der Waals surface area (Å²) in [6.07, 6.45) is 1.67. The molecular weight excluding hydrogens is 584 g/mol. The number of rotatable bonds is 9. The Morgan fingerprint density at radius 2 is 1.84 bits per heavy atom. The van der Waals surface area contributed by atoms with Crippen molar-refractivity contribution in [2.45, 2.75) is 12.6 Å². The fourth-order valence-corrected chi connectivity index (χ4v) is 5.61.